The molecule has 1 saturated heterocycles. The average molecular weight is 385 g/mol. The number of carboxylic acid groups (broad SMARTS) is 1. The van der Waals surface area contributed by atoms with E-state index < -0.39 is 32.5 Å². The summed E-state index contributed by atoms with van der Waals surface area (Å²) in [5, 5.41) is 22.5. The number of carboxylic acids is 1. The Morgan fingerprint density at radius 3 is 2.35 bits per heavy atom. The highest BCUT2D eigenvalue weighted by molar-refractivity contribution is 7.88. The molecule has 1 aliphatic rings. The van der Waals surface area contributed by atoms with Crippen molar-refractivity contribution in [3.63, 3.8) is 0 Å². The zero-order valence-corrected chi connectivity index (χ0v) is 14.9. The fraction of sp³-hybridized carbons (Fsp3) is 0.467. The van der Waals surface area contributed by atoms with E-state index in [1.54, 1.807) is 0 Å². The topological polar surface area (TPSA) is 147 Å². The van der Waals surface area contributed by atoms with Gasteiger partial charge in [0, 0.05) is 37.3 Å². The zero-order valence-electron chi connectivity index (χ0n) is 14.0. The van der Waals surface area contributed by atoms with Crippen LogP contribution in [0.3, 0.4) is 0 Å². The van der Waals surface area contributed by atoms with Crippen LogP contribution in [0.25, 0.3) is 0 Å². The van der Waals surface area contributed by atoms with Crippen LogP contribution in [0, 0.1) is 16.0 Å². The molecule has 0 unspecified atom stereocenters. The van der Waals surface area contributed by atoms with Crippen molar-refractivity contribution in [2.45, 2.75) is 12.8 Å². The minimum atomic E-state index is -3.22. The third-order valence-electron chi connectivity index (χ3n) is 4.23. The Morgan fingerprint density at radius 2 is 1.85 bits per heavy atom. The number of piperidine rings is 1. The number of rotatable bonds is 6. The van der Waals surface area contributed by atoms with E-state index in [0.29, 0.717) is 25.9 Å². The Morgan fingerprint density at radius 1 is 1.27 bits per heavy atom. The highest BCUT2D eigenvalue weighted by atomic mass is 32.2. The number of amides is 1. The summed E-state index contributed by atoms with van der Waals surface area (Å²) in [6.07, 6.45) is 2.32. The number of carbonyl (C=O) groups excluding carboxylic acids is 1. The molecule has 11 heteroatoms. The first kappa shape index (κ1) is 19.8. The van der Waals surface area contributed by atoms with Gasteiger partial charge in [-0.25, -0.2) is 17.5 Å². The van der Waals surface area contributed by atoms with Gasteiger partial charge >= 0.3 is 5.97 Å². The quantitative estimate of drug-likeness (QED) is 0.541. The molecule has 0 spiro atoms. The van der Waals surface area contributed by atoms with Crippen molar-refractivity contribution in [3.8, 4) is 0 Å². The van der Waals surface area contributed by atoms with Crippen molar-refractivity contribution in [1.29, 1.82) is 0 Å². The molecule has 2 N–H and O–H groups in total. The normalized spacial score (nSPS) is 16.2. The van der Waals surface area contributed by atoms with Gasteiger partial charge < -0.3 is 10.4 Å². The number of nitro benzene ring substituents is 1. The van der Waals surface area contributed by atoms with Crippen LogP contribution in [0.2, 0.25) is 0 Å². The van der Waals surface area contributed by atoms with Crippen LogP contribution in [0.15, 0.2) is 18.2 Å². The molecule has 1 aromatic rings. The third kappa shape index (κ3) is 4.99. The van der Waals surface area contributed by atoms with Crippen molar-refractivity contribution in [2.75, 3.05) is 25.9 Å². The molecule has 26 heavy (non-hydrogen) atoms. The van der Waals surface area contributed by atoms with E-state index in [1.807, 2.05) is 0 Å². The number of nitrogens with zero attached hydrogens (tertiary/aromatic N) is 2. The molecule has 0 saturated carbocycles. The number of carbonyl (C=O) groups is 2. The highest BCUT2D eigenvalue weighted by Gasteiger charge is 2.25. The zero-order chi connectivity index (χ0) is 19.5. The SMILES string of the molecule is CS(=O)(=O)N1CCC(CNC(=O)c2cc(C(=O)O)cc([N+](=O)[O-])c2)CC1. The van der Waals surface area contributed by atoms with Crippen LogP contribution < -0.4 is 5.32 Å². The molecule has 1 aromatic carbocycles. The standard InChI is InChI=1S/C15H19N3O7S/c1-26(24,25)17-4-2-10(3-5-17)9-16-14(19)11-6-12(15(20)21)8-13(7-11)18(22)23/h6-8,10H,2-5,9H2,1H3,(H,16,19)(H,20,21). The lowest BCUT2D eigenvalue weighted by Crippen LogP contribution is -2.41. The second-order valence-corrected chi connectivity index (χ2v) is 8.13. The van der Waals surface area contributed by atoms with Crippen LogP contribution in [0.5, 0.6) is 0 Å². The molecule has 10 nitrogen and oxygen atoms in total. The molecular formula is C15H19N3O7S. The molecule has 1 aliphatic heterocycles. The lowest BCUT2D eigenvalue weighted by molar-refractivity contribution is -0.384. The van der Waals surface area contributed by atoms with E-state index in [4.69, 9.17) is 5.11 Å². The van der Waals surface area contributed by atoms with Gasteiger partial charge in [-0.3, -0.25) is 14.9 Å². The van der Waals surface area contributed by atoms with Crippen LogP contribution in [0.4, 0.5) is 5.69 Å². The summed E-state index contributed by atoms with van der Waals surface area (Å²) in [4.78, 5) is 33.4. The van der Waals surface area contributed by atoms with Gasteiger partial charge in [-0.15, -0.1) is 0 Å². The van der Waals surface area contributed by atoms with Gasteiger partial charge in [-0.1, -0.05) is 0 Å². The maximum atomic E-state index is 12.2. The first-order valence-corrected chi connectivity index (χ1v) is 9.69. The maximum Gasteiger partial charge on any atom is 0.335 e. The van der Waals surface area contributed by atoms with Crippen LogP contribution >= 0.6 is 0 Å². The smallest absolute Gasteiger partial charge is 0.335 e. The first-order chi connectivity index (χ1) is 12.1. The summed E-state index contributed by atoms with van der Waals surface area (Å²) in [5.41, 5.74) is -0.924. The van der Waals surface area contributed by atoms with Crippen LogP contribution in [-0.2, 0) is 10.0 Å². The van der Waals surface area contributed by atoms with Crippen molar-refractivity contribution in [2.24, 2.45) is 5.92 Å². The van der Waals surface area contributed by atoms with E-state index >= 15 is 0 Å². The van der Waals surface area contributed by atoms with Crippen molar-refractivity contribution < 1.29 is 28.0 Å². The molecule has 0 atom stereocenters. The third-order valence-corrected chi connectivity index (χ3v) is 5.53. The summed E-state index contributed by atoms with van der Waals surface area (Å²) < 4.78 is 24.3. The molecule has 142 valence electrons. The van der Waals surface area contributed by atoms with Crippen molar-refractivity contribution in [3.05, 3.63) is 39.4 Å². The Kier molecular flexibility index (Phi) is 5.93. The van der Waals surface area contributed by atoms with Gasteiger partial charge in [0.15, 0.2) is 0 Å². The van der Waals surface area contributed by atoms with Crippen molar-refractivity contribution in [1.82, 2.24) is 9.62 Å². The molecule has 2 rings (SSSR count). The second-order valence-electron chi connectivity index (χ2n) is 6.15. The Labute approximate surface area is 150 Å². The van der Waals surface area contributed by atoms with Gasteiger partial charge in [0.2, 0.25) is 10.0 Å². The van der Waals surface area contributed by atoms with Gasteiger partial charge in [0.05, 0.1) is 16.7 Å². The predicted octanol–water partition coefficient (Wildman–Crippen LogP) is 0.694. The first-order valence-electron chi connectivity index (χ1n) is 7.84. The fourth-order valence-electron chi connectivity index (χ4n) is 2.76. The predicted molar refractivity (Wildman–Crippen MR) is 91.5 cm³/mol. The average Bonchev–Trinajstić information content (AvgIpc) is 2.58. The van der Waals surface area contributed by atoms with Crippen LogP contribution in [-0.4, -0.2) is 60.5 Å². The highest BCUT2D eigenvalue weighted by Crippen LogP contribution is 2.20. The van der Waals surface area contributed by atoms with Gasteiger partial charge in [-0.05, 0) is 24.8 Å². The number of hydrogen-bond donors (Lipinski definition) is 2. The molecule has 1 heterocycles. The minimum Gasteiger partial charge on any atom is -0.478 e. The van der Waals surface area contributed by atoms with Gasteiger partial charge in [0.25, 0.3) is 11.6 Å². The minimum absolute atomic E-state index is 0.0783. The molecule has 0 aromatic heterocycles. The number of hydrogen-bond acceptors (Lipinski definition) is 6. The molecule has 1 amide bonds. The molecule has 0 aliphatic carbocycles. The fourth-order valence-corrected chi connectivity index (χ4v) is 3.63. The number of aromatic carboxylic acids is 1. The summed E-state index contributed by atoms with van der Waals surface area (Å²) in [5.74, 6) is -1.90. The molecule has 0 radical (unpaired) electrons. The lowest BCUT2D eigenvalue weighted by Gasteiger charge is -2.30. The number of benzene rings is 1. The summed E-state index contributed by atoms with van der Waals surface area (Å²) in [6, 6.07) is 2.99. The monoisotopic (exact) mass is 385 g/mol. The Balaban J connectivity index is 2.00. The largest absolute Gasteiger partial charge is 0.478 e. The summed E-state index contributed by atoms with van der Waals surface area (Å²) >= 11 is 0. The number of nitro groups is 1. The summed E-state index contributed by atoms with van der Waals surface area (Å²) in [7, 11) is -3.22. The Hall–Kier alpha value is -2.53. The van der Waals surface area contributed by atoms with E-state index in [-0.39, 0.29) is 23.6 Å². The maximum absolute atomic E-state index is 12.2. The number of non-ortho nitro benzene ring substituents is 1. The molecule has 0 bridgehead atoms. The number of nitrogens with one attached hydrogen (secondary N) is 1. The van der Waals surface area contributed by atoms with Crippen molar-refractivity contribution >= 4 is 27.6 Å². The van der Waals surface area contributed by atoms with Crippen LogP contribution in [0.1, 0.15) is 33.6 Å². The second kappa shape index (κ2) is 7.79. The van der Waals surface area contributed by atoms with E-state index in [9.17, 15) is 28.1 Å². The molecule has 1 fully saturated rings. The number of sulfonamides is 1. The van der Waals surface area contributed by atoms with E-state index in [0.717, 1.165) is 24.5 Å². The van der Waals surface area contributed by atoms with E-state index in [1.165, 1.54) is 4.31 Å². The lowest BCUT2D eigenvalue weighted by atomic mass is 9.98. The van der Waals surface area contributed by atoms with E-state index in [2.05, 4.69) is 5.32 Å². The van der Waals surface area contributed by atoms with Gasteiger partial charge in [-0.2, -0.15) is 0 Å². The van der Waals surface area contributed by atoms with Gasteiger partial charge in [0.1, 0.15) is 0 Å². The summed E-state index contributed by atoms with van der Waals surface area (Å²) in [6.45, 7) is 1.03. The molecular weight excluding hydrogens is 366 g/mol. The Bertz CT molecular complexity index is 797.